The molecule has 9 heteroatoms. The van der Waals surface area contributed by atoms with Gasteiger partial charge in [-0.15, -0.1) is 0 Å². The molecule has 4 rings (SSSR count). The lowest BCUT2D eigenvalue weighted by Gasteiger charge is -2.25. The van der Waals surface area contributed by atoms with Crippen molar-refractivity contribution in [2.45, 2.75) is 26.3 Å². The molecule has 1 atom stereocenters. The minimum atomic E-state index is -1.10. The van der Waals surface area contributed by atoms with E-state index in [0.29, 0.717) is 22.3 Å². The number of benzene rings is 2. The first-order chi connectivity index (χ1) is 15.7. The van der Waals surface area contributed by atoms with Gasteiger partial charge in [0.2, 0.25) is 5.95 Å². The molecule has 3 aromatic rings. The third-order valence-corrected chi connectivity index (χ3v) is 5.46. The molecule has 1 aliphatic rings. The molecule has 33 heavy (non-hydrogen) atoms. The van der Waals surface area contributed by atoms with E-state index >= 15 is 0 Å². The number of imidazole rings is 1. The van der Waals surface area contributed by atoms with Crippen molar-refractivity contribution in [1.29, 1.82) is 0 Å². The normalized spacial score (nSPS) is 16.2. The summed E-state index contributed by atoms with van der Waals surface area (Å²) in [6, 6.07) is 10.3. The quantitative estimate of drug-likeness (QED) is 0.500. The zero-order valence-corrected chi connectivity index (χ0v) is 18.3. The van der Waals surface area contributed by atoms with Crippen LogP contribution in [0.25, 0.3) is 11.0 Å². The van der Waals surface area contributed by atoms with Crippen LogP contribution in [0, 0.1) is 5.92 Å². The third kappa shape index (κ3) is 3.93. The summed E-state index contributed by atoms with van der Waals surface area (Å²) in [7, 11) is 1.51. The van der Waals surface area contributed by atoms with E-state index in [2.05, 4.69) is 9.97 Å². The van der Waals surface area contributed by atoms with Gasteiger partial charge in [0.05, 0.1) is 35.3 Å². The van der Waals surface area contributed by atoms with Crippen molar-refractivity contribution >= 4 is 34.6 Å². The summed E-state index contributed by atoms with van der Waals surface area (Å²) < 4.78 is 5.31. The SMILES string of the molecule is COc1cccc(C2C(C(=O)CC(C)C)=C(O)C(=O)N2c2nc3ccc(C(=O)O)cc3[nH]2)c1. The number of carboxylic acid groups (broad SMARTS) is 1. The molecule has 170 valence electrons. The zero-order chi connectivity index (χ0) is 23.9. The summed E-state index contributed by atoms with van der Waals surface area (Å²) in [6.07, 6.45) is 0.156. The molecule has 1 amide bonds. The van der Waals surface area contributed by atoms with Gasteiger partial charge in [-0.05, 0) is 41.8 Å². The Morgan fingerprint density at radius 2 is 1.97 bits per heavy atom. The van der Waals surface area contributed by atoms with Crippen molar-refractivity contribution in [3.63, 3.8) is 0 Å². The van der Waals surface area contributed by atoms with Crippen LogP contribution in [0.15, 0.2) is 53.8 Å². The van der Waals surface area contributed by atoms with Gasteiger partial charge in [0.1, 0.15) is 5.75 Å². The van der Waals surface area contributed by atoms with E-state index in [-0.39, 0.29) is 35.2 Å². The Morgan fingerprint density at radius 3 is 2.64 bits per heavy atom. The summed E-state index contributed by atoms with van der Waals surface area (Å²) in [5.74, 6) is -2.20. The number of rotatable bonds is 7. The smallest absolute Gasteiger partial charge is 0.335 e. The number of methoxy groups -OCH3 is 1. The molecule has 2 aromatic carbocycles. The van der Waals surface area contributed by atoms with Gasteiger partial charge in [0, 0.05) is 6.42 Å². The molecular weight excluding hydrogens is 426 g/mol. The lowest BCUT2D eigenvalue weighted by atomic mass is 9.92. The molecular formula is C24H23N3O6. The number of aromatic nitrogens is 2. The highest BCUT2D eigenvalue weighted by Gasteiger charge is 2.45. The molecule has 0 bridgehead atoms. The standard InChI is InChI=1S/C24H23N3O6/c1-12(2)9-18(28)19-20(13-5-4-6-15(10-13)33-3)27(22(30)21(19)29)24-25-16-8-7-14(23(31)32)11-17(16)26-24/h4-8,10-12,20,29H,9H2,1-3H3,(H,25,26)(H,31,32). The summed E-state index contributed by atoms with van der Waals surface area (Å²) in [6.45, 7) is 3.76. The molecule has 3 N–H and O–H groups in total. The number of ketones is 1. The van der Waals surface area contributed by atoms with Crippen molar-refractivity contribution in [3.8, 4) is 5.75 Å². The number of hydrogen-bond donors (Lipinski definition) is 3. The average Bonchev–Trinajstić information content (AvgIpc) is 3.31. The van der Waals surface area contributed by atoms with Crippen molar-refractivity contribution in [1.82, 2.24) is 9.97 Å². The molecule has 0 fully saturated rings. The second-order valence-electron chi connectivity index (χ2n) is 8.24. The van der Waals surface area contributed by atoms with Gasteiger partial charge >= 0.3 is 5.97 Å². The van der Waals surface area contributed by atoms with Crippen LogP contribution in [-0.4, -0.2) is 45.0 Å². The fraction of sp³-hybridized carbons (Fsp3) is 0.250. The number of aromatic amines is 1. The fourth-order valence-electron chi connectivity index (χ4n) is 3.96. The minimum Gasteiger partial charge on any atom is -0.503 e. The number of aliphatic hydroxyl groups excluding tert-OH is 1. The van der Waals surface area contributed by atoms with E-state index < -0.39 is 23.7 Å². The van der Waals surface area contributed by atoms with Gasteiger partial charge < -0.3 is 19.9 Å². The van der Waals surface area contributed by atoms with Gasteiger partial charge in [0.15, 0.2) is 11.5 Å². The van der Waals surface area contributed by atoms with Gasteiger partial charge in [0.25, 0.3) is 5.91 Å². The number of carbonyl (C=O) groups is 3. The lowest BCUT2D eigenvalue weighted by Crippen LogP contribution is -2.32. The number of carbonyl (C=O) groups excluding carboxylic acids is 2. The number of aliphatic hydroxyl groups is 1. The minimum absolute atomic E-state index is 0.00589. The van der Waals surface area contributed by atoms with Crippen molar-refractivity contribution < 1.29 is 29.3 Å². The maximum absolute atomic E-state index is 13.2. The van der Waals surface area contributed by atoms with Crippen LogP contribution in [-0.2, 0) is 9.59 Å². The van der Waals surface area contributed by atoms with Crippen molar-refractivity contribution in [2.24, 2.45) is 5.92 Å². The maximum Gasteiger partial charge on any atom is 0.335 e. The molecule has 9 nitrogen and oxygen atoms in total. The number of anilines is 1. The highest BCUT2D eigenvalue weighted by Crippen LogP contribution is 2.42. The van der Waals surface area contributed by atoms with Crippen molar-refractivity contribution in [3.05, 3.63) is 64.9 Å². The summed E-state index contributed by atoms with van der Waals surface area (Å²) in [4.78, 5) is 46.2. The van der Waals surface area contributed by atoms with E-state index in [0.717, 1.165) is 0 Å². The van der Waals surface area contributed by atoms with Crippen LogP contribution in [0.2, 0.25) is 0 Å². The van der Waals surface area contributed by atoms with Crippen LogP contribution in [0.5, 0.6) is 5.75 Å². The summed E-state index contributed by atoms with van der Waals surface area (Å²) in [5, 5.41) is 20.0. The number of aromatic carboxylic acids is 1. The Balaban J connectivity index is 1.87. The number of carboxylic acids is 1. The summed E-state index contributed by atoms with van der Waals surface area (Å²) >= 11 is 0. The maximum atomic E-state index is 13.2. The van der Waals surface area contributed by atoms with E-state index in [1.54, 1.807) is 24.3 Å². The first-order valence-electron chi connectivity index (χ1n) is 10.4. The molecule has 2 heterocycles. The van der Waals surface area contributed by atoms with Crippen LogP contribution >= 0.6 is 0 Å². The predicted octanol–water partition coefficient (Wildman–Crippen LogP) is 3.78. The molecule has 1 aliphatic heterocycles. The summed E-state index contributed by atoms with van der Waals surface area (Å²) in [5.41, 5.74) is 1.46. The number of nitrogens with one attached hydrogen (secondary N) is 1. The van der Waals surface area contributed by atoms with Crippen LogP contribution in [0.4, 0.5) is 5.95 Å². The first-order valence-corrected chi connectivity index (χ1v) is 10.4. The zero-order valence-electron chi connectivity index (χ0n) is 18.3. The van der Waals surface area contributed by atoms with E-state index in [9.17, 15) is 24.6 Å². The van der Waals surface area contributed by atoms with Gasteiger partial charge in [-0.25, -0.2) is 9.78 Å². The molecule has 0 aliphatic carbocycles. The van der Waals surface area contributed by atoms with Gasteiger partial charge in [-0.2, -0.15) is 0 Å². The Morgan fingerprint density at radius 1 is 1.21 bits per heavy atom. The molecule has 0 spiro atoms. The van der Waals surface area contributed by atoms with E-state index in [1.807, 2.05) is 13.8 Å². The number of hydrogen-bond acceptors (Lipinski definition) is 6. The number of fused-ring (bicyclic) bond motifs is 1. The molecule has 1 unspecified atom stereocenters. The van der Waals surface area contributed by atoms with Crippen LogP contribution < -0.4 is 9.64 Å². The fourth-order valence-corrected chi connectivity index (χ4v) is 3.96. The second-order valence-corrected chi connectivity index (χ2v) is 8.24. The lowest BCUT2D eigenvalue weighted by molar-refractivity contribution is -0.118. The molecule has 1 aromatic heterocycles. The number of Topliss-reactive ketones (excluding diaryl/α,β-unsaturated/α-hetero) is 1. The number of nitrogens with zero attached hydrogens (tertiary/aromatic N) is 2. The van der Waals surface area contributed by atoms with Gasteiger partial charge in [-0.3, -0.25) is 14.5 Å². The second kappa shape index (κ2) is 8.42. The Hall–Kier alpha value is -4.14. The number of amides is 1. The molecule has 0 saturated heterocycles. The Kier molecular flexibility index (Phi) is 5.63. The highest BCUT2D eigenvalue weighted by molar-refractivity contribution is 6.16. The van der Waals surface area contributed by atoms with Crippen LogP contribution in [0.1, 0.15) is 42.2 Å². The number of H-pyrrole nitrogens is 1. The largest absolute Gasteiger partial charge is 0.503 e. The average molecular weight is 449 g/mol. The Labute approximate surface area is 189 Å². The van der Waals surface area contributed by atoms with E-state index in [4.69, 9.17) is 4.74 Å². The number of ether oxygens (including phenoxy) is 1. The van der Waals surface area contributed by atoms with Crippen molar-refractivity contribution in [2.75, 3.05) is 12.0 Å². The highest BCUT2D eigenvalue weighted by atomic mass is 16.5. The molecule has 0 radical (unpaired) electrons. The van der Waals surface area contributed by atoms with E-state index in [1.165, 1.54) is 30.2 Å². The van der Waals surface area contributed by atoms with Crippen LogP contribution in [0.3, 0.4) is 0 Å². The third-order valence-electron chi connectivity index (χ3n) is 5.46. The predicted molar refractivity (Wildman–Crippen MR) is 120 cm³/mol. The Bertz CT molecular complexity index is 1310. The first kappa shape index (κ1) is 22.1. The molecule has 0 saturated carbocycles. The van der Waals surface area contributed by atoms with Gasteiger partial charge in [-0.1, -0.05) is 26.0 Å². The monoisotopic (exact) mass is 449 g/mol. The topological polar surface area (TPSA) is 133 Å².